The van der Waals surface area contributed by atoms with Crippen molar-refractivity contribution >= 4 is 10.2 Å². The summed E-state index contributed by atoms with van der Waals surface area (Å²) in [5, 5.41) is 8.91. The van der Waals surface area contributed by atoms with Gasteiger partial charge in [-0.25, -0.2) is 0 Å². The second-order valence-corrected chi connectivity index (χ2v) is 4.02. The van der Waals surface area contributed by atoms with Gasteiger partial charge in [-0.2, -0.15) is 8.42 Å². The summed E-state index contributed by atoms with van der Waals surface area (Å²) in [6.07, 6.45) is 0.642. The van der Waals surface area contributed by atoms with E-state index in [2.05, 4.69) is 0 Å². The molecule has 0 aromatic heterocycles. The Labute approximate surface area is 59.1 Å². The number of aliphatic hydroxyl groups excluding tert-OH is 1. The summed E-state index contributed by atoms with van der Waals surface area (Å²) in [6, 6.07) is 0. The second kappa shape index (κ2) is 2.47. The predicted octanol–water partition coefficient (Wildman–Crippen LogP) is 0.0566. The lowest BCUT2D eigenvalue weighted by atomic mass is 10.3. The van der Waals surface area contributed by atoms with Crippen LogP contribution in [0.3, 0.4) is 0 Å². The standard InChI is InChI=1S/C5H9FO3S/c6-10(8,9)3-5(7)4-1-2-4/h4-5,7H,1-3H2. The molecule has 0 saturated heterocycles. The van der Waals surface area contributed by atoms with E-state index >= 15 is 0 Å². The molecular weight excluding hydrogens is 159 g/mol. The quantitative estimate of drug-likeness (QED) is 0.606. The number of aliphatic hydroxyl groups is 1. The Bertz CT molecular complexity index is 207. The van der Waals surface area contributed by atoms with Crippen LogP contribution < -0.4 is 0 Å². The lowest BCUT2D eigenvalue weighted by Crippen LogP contribution is -2.19. The summed E-state index contributed by atoms with van der Waals surface area (Å²) in [4.78, 5) is 0. The fourth-order valence-corrected chi connectivity index (χ4v) is 1.50. The minimum Gasteiger partial charge on any atom is -0.392 e. The summed E-state index contributed by atoms with van der Waals surface area (Å²) in [7, 11) is -4.48. The Morgan fingerprint density at radius 2 is 2.10 bits per heavy atom. The Balaban J connectivity index is 2.37. The van der Waals surface area contributed by atoms with Gasteiger partial charge in [-0.15, -0.1) is 3.89 Å². The second-order valence-electron chi connectivity index (χ2n) is 2.61. The zero-order valence-electron chi connectivity index (χ0n) is 5.33. The molecule has 5 heteroatoms. The molecule has 1 unspecified atom stereocenters. The fraction of sp³-hybridized carbons (Fsp3) is 1.00. The molecule has 0 bridgehead atoms. The van der Waals surface area contributed by atoms with Crippen LogP contribution in [-0.2, 0) is 10.2 Å². The number of halogens is 1. The molecule has 0 heterocycles. The zero-order chi connectivity index (χ0) is 7.78. The molecule has 1 aliphatic carbocycles. The van der Waals surface area contributed by atoms with Crippen molar-refractivity contribution in [3.63, 3.8) is 0 Å². The molecule has 60 valence electrons. The number of rotatable bonds is 3. The Morgan fingerprint density at radius 3 is 2.40 bits per heavy atom. The third-order valence-electron chi connectivity index (χ3n) is 1.54. The summed E-state index contributed by atoms with van der Waals surface area (Å²) in [5.41, 5.74) is 0. The smallest absolute Gasteiger partial charge is 0.304 e. The molecule has 1 atom stereocenters. The van der Waals surface area contributed by atoms with Crippen LogP contribution in [0, 0.1) is 5.92 Å². The van der Waals surface area contributed by atoms with E-state index in [0.717, 1.165) is 12.8 Å². The SMILES string of the molecule is O=S(=O)(F)CC(O)C1CC1. The van der Waals surface area contributed by atoms with Gasteiger partial charge in [0.1, 0.15) is 5.75 Å². The average molecular weight is 168 g/mol. The molecular formula is C5H9FO3S. The Hall–Kier alpha value is -0.160. The van der Waals surface area contributed by atoms with Crippen molar-refractivity contribution in [3.8, 4) is 0 Å². The molecule has 1 saturated carbocycles. The van der Waals surface area contributed by atoms with Crippen molar-refractivity contribution < 1.29 is 17.4 Å². The Morgan fingerprint density at radius 1 is 1.60 bits per heavy atom. The van der Waals surface area contributed by atoms with Crippen molar-refractivity contribution in [2.45, 2.75) is 18.9 Å². The number of hydrogen-bond acceptors (Lipinski definition) is 3. The first kappa shape index (κ1) is 7.94. The highest BCUT2D eigenvalue weighted by Gasteiger charge is 2.32. The van der Waals surface area contributed by atoms with Gasteiger partial charge in [0.15, 0.2) is 0 Å². The molecule has 10 heavy (non-hydrogen) atoms. The van der Waals surface area contributed by atoms with Gasteiger partial charge < -0.3 is 5.11 Å². The van der Waals surface area contributed by atoms with E-state index in [1.54, 1.807) is 0 Å². The van der Waals surface area contributed by atoms with Gasteiger partial charge in [0.25, 0.3) is 0 Å². The van der Waals surface area contributed by atoms with E-state index in [4.69, 9.17) is 5.11 Å². The lowest BCUT2D eigenvalue weighted by molar-refractivity contribution is 0.173. The van der Waals surface area contributed by atoms with E-state index in [1.165, 1.54) is 0 Å². The molecule has 0 aromatic carbocycles. The number of hydrogen-bond donors (Lipinski definition) is 1. The first-order valence-electron chi connectivity index (χ1n) is 3.09. The molecule has 0 aromatic rings. The average Bonchev–Trinajstić information content (AvgIpc) is 2.35. The summed E-state index contributed by atoms with van der Waals surface area (Å²) in [5.74, 6) is -0.719. The topological polar surface area (TPSA) is 54.4 Å². The molecule has 3 nitrogen and oxygen atoms in total. The molecule has 1 N–H and O–H groups in total. The van der Waals surface area contributed by atoms with Crippen LogP contribution in [0.4, 0.5) is 3.89 Å². The highest BCUT2D eigenvalue weighted by Crippen LogP contribution is 2.33. The Kier molecular flexibility index (Phi) is 1.96. The highest BCUT2D eigenvalue weighted by atomic mass is 32.3. The van der Waals surface area contributed by atoms with Gasteiger partial charge >= 0.3 is 10.2 Å². The van der Waals surface area contributed by atoms with E-state index in [0.29, 0.717) is 0 Å². The first-order valence-corrected chi connectivity index (χ1v) is 4.65. The van der Waals surface area contributed by atoms with Crippen molar-refractivity contribution in [3.05, 3.63) is 0 Å². The van der Waals surface area contributed by atoms with Gasteiger partial charge in [-0.05, 0) is 18.8 Å². The lowest BCUT2D eigenvalue weighted by Gasteiger charge is -2.03. The maximum atomic E-state index is 11.8. The van der Waals surface area contributed by atoms with Crippen molar-refractivity contribution in [2.24, 2.45) is 5.92 Å². The van der Waals surface area contributed by atoms with Crippen molar-refractivity contribution in [1.82, 2.24) is 0 Å². The van der Waals surface area contributed by atoms with Crippen molar-refractivity contribution in [1.29, 1.82) is 0 Å². The van der Waals surface area contributed by atoms with Crippen LogP contribution in [0.5, 0.6) is 0 Å². The maximum Gasteiger partial charge on any atom is 0.304 e. The highest BCUT2D eigenvalue weighted by molar-refractivity contribution is 7.86. The van der Waals surface area contributed by atoms with E-state index < -0.39 is 22.1 Å². The molecule has 1 aliphatic rings. The maximum absolute atomic E-state index is 11.8. The summed E-state index contributed by atoms with van der Waals surface area (Å²) in [6.45, 7) is 0. The molecule has 0 radical (unpaired) electrons. The minimum absolute atomic E-state index is 0.0190. The van der Waals surface area contributed by atoms with Gasteiger partial charge in [0, 0.05) is 0 Å². The summed E-state index contributed by atoms with van der Waals surface area (Å²) < 4.78 is 31.7. The predicted molar refractivity (Wildman–Crippen MR) is 33.6 cm³/mol. The van der Waals surface area contributed by atoms with Crippen molar-refractivity contribution in [2.75, 3.05) is 5.75 Å². The van der Waals surface area contributed by atoms with Crippen LogP contribution in [-0.4, -0.2) is 25.4 Å². The zero-order valence-corrected chi connectivity index (χ0v) is 6.14. The van der Waals surface area contributed by atoms with Crippen LogP contribution in [0.2, 0.25) is 0 Å². The molecule has 0 aliphatic heterocycles. The monoisotopic (exact) mass is 168 g/mol. The van der Waals surface area contributed by atoms with E-state index in [-0.39, 0.29) is 5.92 Å². The summed E-state index contributed by atoms with van der Waals surface area (Å²) >= 11 is 0. The molecule has 1 rings (SSSR count). The van der Waals surface area contributed by atoms with Gasteiger partial charge in [0.05, 0.1) is 6.10 Å². The first-order chi connectivity index (χ1) is 4.49. The third kappa shape index (κ3) is 2.62. The van der Waals surface area contributed by atoms with Gasteiger partial charge in [-0.3, -0.25) is 0 Å². The van der Waals surface area contributed by atoms with Crippen LogP contribution in [0.1, 0.15) is 12.8 Å². The molecule has 0 spiro atoms. The van der Waals surface area contributed by atoms with Crippen LogP contribution in [0.15, 0.2) is 0 Å². The molecule has 1 fully saturated rings. The minimum atomic E-state index is -4.48. The van der Waals surface area contributed by atoms with Crippen LogP contribution in [0.25, 0.3) is 0 Å². The largest absolute Gasteiger partial charge is 0.392 e. The van der Waals surface area contributed by atoms with E-state index in [9.17, 15) is 12.3 Å². The van der Waals surface area contributed by atoms with E-state index in [1.807, 2.05) is 0 Å². The normalized spacial score (nSPS) is 22.6. The molecule has 0 amide bonds. The fourth-order valence-electron chi connectivity index (χ4n) is 0.821. The van der Waals surface area contributed by atoms with Gasteiger partial charge in [0.2, 0.25) is 0 Å². The van der Waals surface area contributed by atoms with Gasteiger partial charge in [-0.1, -0.05) is 0 Å². The third-order valence-corrected chi connectivity index (χ3v) is 2.28. The van der Waals surface area contributed by atoms with Crippen LogP contribution >= 0.6 is 0 Å².